The van der Waals surface area contributed by atoms with E-state index in [1.807, 2.05) is 49.5 Å². The van der Waals surface area contributed by atoms with Crippen LogP contribution in [-0.4, -0.2) is 80.7 Å². The molecule has 0 aliphatic carbocycles. The SMILES string of the molecule is COc1ccc(C[C@@H]2C[C@@H](C(=O)CCc3ccc4c(c3)nnn4C)N(C(=O)[C@H](N)CCC(=O)N3CCC[C@H]3C#N)C2)cc1. The van der Waals surface area contributed by atoms with Crippen LogP contribution >= 0.6 is 0 Å². The highest BCUT2D eigenvalue weighted by molar-refractivity contribution is 5.92. The number of likely N-dealkylation sites (tertiary alicyclic amines) is 2. The van der Waals surface area contributed by atoms with Gasteiger partial charge in [-0.3, -0.25) is 14.4 Å². The molecular formula is C32H39N7O4. The number of ketones is 1. The molecule has 11 heteroatoms. The summed E-state index contributed by atoms with van der Waals surface area (Å²) in [5.41, 5.74) is 10.1. The van der Waals surface area contributed by atoms with Gasteiger partial charge in [0.2, 0.25) is 11.8 Å². The summed E-state index contributed by atoms with van der Waals surface area (Å²) in [4.78, 5) is 43.3. The van der Waals surface area contributed by atoms with Gasteiger partial charge in [0, 0.05) is 33.0 Å². The number of methoxy groups -OCH3 is 1. The molecule has 3 heterocycles. The smallest absolute Gasteiger partial charge is 0.240 e. The highest BCUT2D eigenvalue weighted by Crippen LogP contribution is 2.30. The van der Waals surface area contributed by atoms with Crippen molar-refractivity contribution in [3.8, 4) is 11.8 Å². The van der Waals surface area contributed by atoms with Gasteiger partial charge >= 0.3 is 0 Å². The van der Waals surface area contributed by atoms with Gasteiger partial charge in [-0.1, -0.05) is 23.4 Å². The van der Waals surface area contributed by atoms with Gasteiger partial charge in [0.05, 0.1) is 30.8 Å². The maximum absolute atomic E-state index is 13.7. The Morgan fingerprint density at radius 3 is 2.63 bits per heavy atom. The molecule has 2 amide bonds. The molecule has 11 nitrogen and oxygen atoms in total. The van der Waals surface area contributed by atoms with E-state index in [-0.39, 0.29) is 42.8 Å². The lowest BCUT2D eigenvalue weighted by Gasteiger charge is -2.27. The Balaban J connectivity index is 1.25. The van der Waals surface area contributed by atoms with Gasteiger partial charge in [0.15, 0.2) is 5.78 Å². The maximum Gasteiger partial charge on any atom is 0.240 e. The van der Waals surface area contributed by atoms with Crippen LogP contribution in [0.25, 0.3) is 11.0 Å². The number of rotatable bonds is 11. The van der Waals surface area contributed by atoms with Crippen molar-refractivity contribution in [1.82, 2.24) is 24.8 Å². The predicted octanol–water partition coefficient (Wildman–Crippen LogP) is 2.56. The van der Waals surface area contributed by atoms with Gasteiger partial charge in [0.25, 0.3) is 0 Å². The molecule has 0 spiro atoms. The minimum atomic E-state index is -0.902. The van der Waals surface area contributed by atoms with Crippen molar-refractivity contribution < 1.29 is 19.1 Å². The van der Waals surface area contributed by atoms with E-state index in [9.17, 15) is 19.6 Å². The van der Waals surface area contributed by atoms with E-state index >= 15 is 0 Å². The van der Waals surface area contributed by atoms with Gasteiger partial charge in [0.1, 0.15) is 17.3 Å². The van der Waals surface area contributed by atoms with Gasteiger partial charge in [-0.15, -0.1) is 5.10 Å². The number of hydrogen-bond acceptors (Lipinski definition) is 8. The Kier molecular flexibility index (Phi) is 9.36. The number of nitrogens with zero attached hydrogens (tertiary/aromatic N) is 6. The van der Waals surface area contributed by atoms with Crippen molar-refractivity contribution in [3.63, 3.8) is 0 Å². The molecule has 2 aromatic carbocycles. The van der Waals surface area contributed by atoms with E-state index in [0.29, 0.717) is 32.4 Å². The molecule has 5 rings (SSSR count). The summed E-state index contributed by atoms with van der Waals surface area (Å²) in [6.45, 7) is 0.983. The molecule has 2 N–H and O–H groups in total. The fraction of sp³-hybridized carbons (Fsp3) is 0.500. The topological polar surface area (TPSA) is 147 Å². The number of nitriles is 1. The van der Waals surface area contributed by atoms with Crippen LogP contribution < -0.4 is 10.5 Å². The van der Waals surface area contributed by atoms with Crippen molar-refractivity contribution in [2.45, 2.75) is 69.5 Å². The zero-order valence-electron chi connectivity index (χ0n) is 24.8. The van der Waals surface area contributed by atoms with Crippen LogP contribution in [0.3, 0.4) is 0 Å². The summed E-state index contributed by atoms with van der Waals surface area (Å²) >= 11 is 0. The lowest BCUT2D eigenvalue weighted by Crippen LogP contribution is -2.49. The van der Waals surface area contributed by atoms with Gasteiger partial charge < -0.3 is 20.3 Å². The standard InChI is InChI=1S/C32H39N7O4/c1-37-28-12-7-22(17-27(28)35-36-37)8-13-30(40)29-18-23(16-21-5-9-25(43-2)10-6-21)20-39(29)32(42)26(34)11-14-31(41)38-15-3-4-24(38)19-33/h5-7,9-10,12,17,23-24,26,29H,3-4,8,11,13-16,18,20,34H2,1-2H3/t23-,24+,26-,29+/m1/s1. The number of benzene rings is 2. The predicted molar refractivity (Wildman–Crippen MR) is 160 cm³/mol. The molecule has 2 saturated heterocycles. The highest BCUT2D eigenvalue weighted by atomic mass is 16.5. The van der Waals surface area contributed by atoms with Crippen LogP contribution in [0.5, 0.6) is 5.75 Å². The number of aromatic nitrogens is 3. The highest BCUT2D eigenvalue weighted by Gasteiger charge is 2.40. The first-order valence-corrected chi connectivity index (χ1v) is 15.0. The number of carbonyl (C=O) groups excluding carboxylic acids is 3. The summed E-state index contributed by atoms with van der Waals surface area (Å²) in [5, 5.41) is 17.5. The molecule has 226 valence electrons. The van der Waals surface area contributed by atoms with E-state index in [0.717, 1.165) is 40.8 Å². The van der Waals surface area contributed by atoms with Crippen LogP contribution in [0, 0.1) is 17.2 Å². The Bertz CT molecular complexity index is 1510. The average molecular weight is 586 g/mol. The largest absolute Gasteiger partial charge is 0.497 e. The Morgan fingerprint density at radius 1 is 1.12 bits per heavy atom. The zero-order chi connectivity index (χ0) is 30.5. The quantitative estimate of drug-likeness (QED) is 0.361. The first-order chi connectivity index (χ1) is 20.8. The summed E-state index contributed by atoms with van der Waals surface area (Å²) in [6, 6.07) is 14.0. The van der Waals surface area contributed by atoms with Crippen LogP contribution in [-0.2, 0) is 34.3 Å². The number of Topliss-reactive ketones (excluding diaryl/α,β-unsaturated/α-hetero) is 1. The van der Waals surface area contributed by atoms with E-state index in [4.69, 9.17) is 10.5 Å². The second-order valence-corrected chi connectivity index (χ2v) is 11.7. The molecule has 2 aliphatic rings. The molecule has 0 bridgehead atoms. The molecule has 1 aromatic heterocycles. The van der Waals surface area contributed by atoms with Crippen LogP contribution in [0.1, 0.15) is 49.7 Å². The second-order valence-electron chi connectivity index (χ2n) is 11.7. The Labute approximate surface area is 251 Å². The fourth-order valence-electron chi connectivity index (χ4n) is 6.35. The van der Waals surface area contributed by atoms with Crippen molar-refractivity contribution in [1.29, 1.82) is 5.26 Å². The third-order valence-corrected chi connectivity index (χ3v) is 8.77. The minimum absolute atomic E-state index is 0.00188. The van der Waals surface area contributed by atoms with Crippen molar-refractivity contribution in [2.75, 3.05) is 20.2 Å². The Morgan fingerprint density at radius 2 is 1.88 bits per heavy atom. The minimum Gasteiger partial charge on any atom is -0.497 e. The Hall–Kier alpha value is -4.30. The average Bonchev–Trinajstić information content (AvgIpc) is 3.77. The molecule has 0 radical (unpaired) electrons. The number of aryl methyl sites for hydroxylation is 2. The number of carbonyl (C=O) groups is 3. The molecule has 4 atom stereocenters. The van der Waals surface area contributed by atoms with Gasteiger partial charge in [-0.25, -0.2) is 4.68 Å². The lowest BCUT2D eigenvalue weighted by atomic mass is 9.94. The normalized spacial score (nSPS) is 20.7. The van der Waals surface area contributed by atoms with Crippen molar-refractivity contribution >= 4 is 28.6 Å². The zero-order valence-corrected chi connectivity index (χ0v) is 24.8. The van der Waals surface area contributed by atoms with Gasteiger partial charge in [-0.05, 0) is 79.8 Å². The number of nitrogens with two attached hydrogens (primary N) is 1. The first-order valence-electron chi connectivity index (χ1n) is 15.0. The fourth-order valence-corrected chi connectivity index (χ4v) is 6.35. The lowest BCUT2D eigenvalue weighted by molar-refractivity contribution is -0.139. The summed E-state index contributed by atoms with van der Waals surface area (Å²) in [5.74, 6) is 0.413. The third kappa shape index (κ3) is 6.86. The summed E-state index contributed by atoms with van der Waals surface area (Å²) in [7, 11) is 3.46. The summed E-state index contributed by atoms with van der Waals surface area (Å²) < 4.78 is 6.98. The number of fused-ring (bicyclic) bond motifs is 1. The van der Waals surface area contributed by atoms with E-state index in [1.165, 1.54) is 0 Å². The van der Waals surface area contributed by atoms with Crippen LogP contribution in [0.15, 0.2) is 42.5 Å². The maximum atomic E-state index is 13.7. The van der Waals surface area contributed by atoms with E-state index in [1.54, 1.807) is 21.6 Å². The molecule has 0 saturated carbocycles. The van der Waals surface area contributed by atoms with Crippen LogP contribution in [0.4, 0.5) is 0 Å². The summed E-state index contributed by atoms with van der Waals surface area (Å²) in [6.07, 6.45) is 3.84. The molecule has 2 aliphatic heterocycles. The van der Waals surface area contributed by atoms with E-state index < -0.39 is 18.1 Å². The van der Waals surface area contributed by atoms with Crippen molar-refractivity contribution in [3.05, 3.63) is 53.6 Å². The number of hydrogen-bond donors (Lipinski definition) is 1. The monoisotopic (exact) mass is 585 g/mol. The number of ether oxygens (including phenoxy) is 1. The molecule has 0 unspecified atom stereocenters. The van der Waals surface area contributed by atoms with Crippen LogP contribution in [0.2, 0.25) is 0 Å². The van der Waals surface area contributed by atoms with Crippen molar-refractivity contribution in [2.24, 2.45) is 18.7 Å². The molecule has 43 heavy (non-hydrogen) atoms. The van der Waals surface area contributed by atoms with E-state index in [2.05, 4.69) is 16.4 Å². The molecule has 2 fully saturated rings. The molecule has 3 aromatic rings. The number of amides is 2. The van der Waals surface area contributed by atoms with Gasteiger partial charge in [-0.2, -0.15) is 5.26 Å². The first kappa shape index (κ1) is 30.2. The molecular weight excluding hydrogens is 546 g/mol. The second kappa shape index (κ2) is 13.3. The third-order valence-electron chi connectivity index (χ3n) is 8.77.